The minimum absolute atomic E-state index is 0. The zero-order valence-corrected chi connectivity index (χ0v) is 16.1. The Kier molecular flexibility index (Phi) is 10.5. The molecule has 1 aliphatic carbocycles. The Hall–Kier alpha value is -1.33. The van der Waals surface area contributed by atoms with Crippen LogP contribution in [0.3, 0.4) is 0 Å². The summed E-state index contributed by atoms with van der Waals surface area (Å²) in [5.41, 5.74) is 10.9. The standard InChI is InChI=1S/C18H29N3O3.ClH/c1-3-5-9-23-17-14-16(21-7-11-22-12-8-21)18(13-15(17)20-19)24-10-6-4-2;/h13-14,17H,3-12H2,1-2H3;1H. The van der Waals surface area contributed by atoms with Crippen LogP contribution in [0.2, 0.25) is 0 Å². The number of hydrogen-bond acceptors (Lipinski definition) is 4. The molecule has 0 aromatic rings. The van der Waals surface area contributed by atoms with Crippen molar-refractivity contribution in [2.45, 2.75) is 45.6 Å². The Labute approximate surface area is 156 Å². The van der Waals surface area contributed by atoms with Gasteiger partial charge in [-0.1, -0.05) is 26.7 Å². The van der Waals surface area contributed by atoms with E-state index in [4.69, 9.17) is 14.2 Å². The van der Waals surface area contributed by atoms with Crippen molar-refractivity contribution in [3.8, 4) is 0 Å². The molecule has 1 aliphatic heterocycles. The van der Waals surface area contributed by atoms with Crippen molar-refractivity contribution in [1.29, 1.82) is 0 Å². The molecular weight excluding hydrogens is 342 g/mol. The van der Waals surface area contributed by atoms with Gasteiger partial charge in [-0.2, -0.15) is 4.79 Å². The van der Waals surface area contributed by atoms with E-state index in [-0.39, 0.29) is 18.5 Å². The summed E-state index contributed by atoms with van der Waals surface area (Å²) in [5, 5.41) is 0. The molecule has 1 unspecified atom stereocenters. The van der Waals surface area contributed by atoms with Gasteiger partial charge < -0.3 is 24.6 Å². The lowest BCUT2D eigenvalue weighted by atomic mass is 10.0. The van der Waals surface area contributed by atoms with Crippen LogP contribution in [0, 0.1) is 0 Å². The second-order valence-electron chi connectivity index (χ2n) is 6.03. The molecule has 0 N–H and O–H groups in total. The molecule has 2 rings (SSSR count). The summed E-state index contributed by atoms with van der Waals surface area (Å²) < 4.78 is 17.3. The van der Waals surface area contributed by atoms with Gasteiger partial charge in [0.1, 0.15) is 5.76 Å². The number of unbranched alkanes of at least 4 members (excludes halogenated alkanes) is 2. The van der Waals surface area contributed by atoms with Crippen LogP contribution in [0.5, 0.6) is 0 Å². The summed E-state index contributed by atoms with van der Waals surface area (Å²) >= 11 is 0. The Morgan fingerprint density at radius 1 is 1.20 bits per heavy atom. The lowest BCUT2D eigenvalue weighted by molar-refractivity contribution is -0.0241. The lowest BCUT2D eigenvalue weighted by Gasteiger charge is -2.33. The van der Waals surface area contributed by atoms with E-state index in [0.29, 0.717) is 32.1 Å². The van der Waals surface area contributed by atoms with E-state index < -0.39 is 0 Å². The highest BCUT2D eigenvalue weighted by molar-refractivity contribution is 5.97. The van der Waals surface area contributed by atoms with Crippen molar-refractivity contribution in [2.75, 3.05) is 39.5 Å². The normalized spacial score (nSPS) is 20.3. The number of nitrogens with zero attached hydrogens (tertiary/aromatic N) is 3. The Balaban J connectivity index is 0.00000312. The third kappa shape index (κ3) is 6.48. The highest BCUT2D eigenvalue weighted by atomic mass is 35.5. The topological polar surface area (TPSA) is 67.3 Å². The average molecular weight is 372 g/mol. The van der Waals surface area contributed by atoms with Gasteiger partial charge in [-0.15, -0.1) is 12.4 Å². The number of rotatable bonds is 9. The maximum absolute atomic E-state index is 9.35. The molecule has 0 spiro atoms. The van der Waals surface area contributed by atoms with Crippen LogP contribution < -0.4 is 0 Å². The number of hydrogen-bond donors (Lipinski definition) is 0. The first kappa shape index (κ1) is 21.7. The molecule has 7 heteroatoms. The predicted octanol–water partition coefficient (Wildman–Crippen LogP) is 3.19. The molecule has 6 nitrogen and oxygen atoms in total. The van der Waals surface area contributed by atoms with Gasteiger partial charge in [-0.3, -0.25) is 0 Å². The molecule has 0 amide bonds. The summed E-state index contributed by atoms with van der Waals surface area (Å²) in [7, 11) is 0. The van der Waals surface area contributed by atoms with Crippen molar-refractivity contribution in [1.82, 2.24) is 4.90 Å². The Morgan fingerprint density at radius 3 is 2.52 bits per heavy atom. The van der Waals surface area contributed by atoms with E-state index in [1.165, 1.54) is 0 Å². The summed E-state index contributed by atoms with van der Waals surface area (Å²) in [5.74, 6) is 0.758. The molecule has 0 radical (unpaired) electrons. The van der Waals surface area contributed by atoms with Crippen LogP contribution in [-0.4, -0.2) is 61.0 Å². The summed E-state index contributed by atoms with van der Waals surface area (Å²) in [6, 6.07) is 0. The highest BCUT2D eigenvalue weighted by Crippen LogP contribution is 2.25. The molecule has 1 saturated heterocycles. The van der Waals surface area contributed by atoms with Gasteiger partial charge in [-0.25, -0.2) is 0 Å². The first-order valence-corrected chi connectivity index (χ1v) is 9.03. The summed E-state index contributed by atoms with van der Waals surface area (Å²) in [6.45, 7) is 8.64. The Bertz CT molecular complexity index is 510. The third-order valence-electron chi connectivity index (χ3n) is 4.15. The van der Waals surface area contributed by atoms with Crippen molar-refractivity contribution in [3.05, 3.63) is 29.1 Å². The van der Waals surface area contributed by atoms with Crippen LogP contribution in [0.15, 0.2) is 23.6 Å². The maximum atomic E-state index is 9.35. The smallest absolute Gasteiger partial charge is 0.328 e. The van der Waals surface area contributed by atoms with E-state index in [2.05, 4.69) is 23.5 Å². The number of morpholine rings is 1. The van der Waals surface area contributed by atoms with E-state index >= 15 is 0 Å². The second-order valence-corrected chi connectivity index (χ2v) is 6.03. The maximum Gasteiger partial charge on any atom is 0.328 e. The van der Waals surface area contributed by atoms with Gasteiger partial charge in [-0.05, 0) is 18.9 Å². The van der Waals surface area contributed by atoms with Crippen LogP contribution in [0.1, 0.15) is 39.5 Å². The van der Waals surface area contributed by atoms with E-state index in [1.807, 2.05) is 6.08 Å². The van der Waals surface area contributed by atoms with Gasteiger partial charge in [0.15, 0.2) is 6.10 Å². The molecular formula is C18H30ClN3O3. The molecule has 2 aliphatic rings. The van der Waals surface area contributed by atoms with Gasteiger partial charge >= 0.3 is 5.71 Å². The SMILES string of the molecule is CCCCOC1=CC(=[N+]=[N-])C(OCCCC)C=C1N1CCOCC1.Cl. The Morgan fingerprint density at radius 2 is 1.88 bits per heavy atom. The molecule has 0 aromatic heterocycles. The minimum atomic E-state index is -0.335. The van der Waals surface area contributed by atoms with Gasteiger partial charge in [0.05, 0.1) is 31.6 Å². The first-order chi connectivity index (χ1) is 11.8. The van der Waals surface area contributed by atoms with Crippen LogP contribution in [-0.2, 0) is 14.2 Å². The fourth-order valence-corrected chi connectivity index (χ4v) is 2.68. The fourth-order valence-electron chi connectivity index (χ4n) is 2.68. The fraction of sp³-hybridized carbons (Fsp3) is 0.722. The first-order valence-electron chi connectivity index (χ1n) is 9.03. The largest absolute Gasteiger partial charge is 0.491 e. The van der Waals surface area contributed by atoms with E-state index in [9.17, 15) is 5.53 Å². The van der Waals surface area contributed by atoms with Crippen LogP contribution in [0.4, 0.5) is 0 Å². The molecule has 0 saturated carbocycles. The molecule has 1 atom stereocenters. The van der Waals surface area contributed by atoms with Gasteiger partial charge in [0.2, 0.25) is 0 Å². The molecule has 142 valence electrons. The zero-order valence-electron chi connectivity index (χ0n) is 15.3. The van der Waals surface area contributed by atoms with Crippen molar-refractivity contribution in [3.63, 3.8) is 0 Å². The lowest BCUT2D eigenvalue weighted by Crippen LogP contribution is -2.39. The van der Waals surface area contributed by atoms with Gasteiger partial charge in [0, 0.05) is 19.7 Å². The van der Waals surface area contributed by atoms with Crippen LogP contribution in [0.25, 0.3) is 5.53 Å². The minimum Gasteiger partial charge on any atom is -0.491 e. The zero-order chi connectivity index (χ0) is 17.2. The monoisotopic (exact) mass is 371 g/mol. The summed E-state index contributed by atoms with van der Waals surface area (Å²) in [6.07, 6.45) is 7.61. The quantitative estimate of drug-likeness (QED) is 0.354. The van der Waals surface area contributed by atoms with E-state index in [1.54, 1.807) is 6.08 Å². The molecule has 0 aromatic carbocycles. The number of ether oxygens (including phenoxy) is 3. The molecule has 1 heterocycles. The third-order valence-corrected chi connectivity index (χ3v) is 4.15. The molecule has 25 heavy (non-hydrogen) atoms. The second kappa shape index (κ2) is 12.1. The number of halogens is 1. The molecule has 1 fully saturated rings. The van der Waals surface area contributed by atoms with Crippen molar-refractivity contribution < 1.29 is 19.0 Å². The van der Waals surface area contributed by atoms with Crippen LogP contribution >= 0.6 is 12.4 Å². The predicted molar refractivity (Wildman–Crippen MR) is 99.9 cm³/mol. The highest BCUT2D eigenvalue weighted by Gasteiger charge is 2.31. The summed E-state index contributed by atoms with van der Waals surface area (Å²) in [4.78, 5) is 5.67. The van der Waals surface area contributed by atoms with E-state index in [0.717, 1.165) is 50.2 Å². The van der Waals surface area contributed by atoms with Crippen molar-refractivity contribution in [2.24, 2.45) is 0 Å². The molecule has 0 bridgehead atoms. The average Bonchev–Trinajstić information content (AvgIpc) is 2.63. The van der Waals surface area contributed by atoms with Gasteiger partial charge in [0.25, 0.3) is 0 Å². The van der Waals surface area contributed by atoms with Crippen molar-refractivity contribution >= 4 is 18.1 Å².